The number of carbonyl (C=O) groups is 1. The first kappa shape index (κ1) is 18.0. The average molecular weight is 269 g/mol. The number of amides is 1. The van der Waals surface area contributed by atoms with E-state index in [-0.39, 0.29) is 18.2 Å². The Hall–Kier alpha value is -0.990. The molecule has 112 valence electrons. The van der Waals surface area contributed by atoms with Gasteiger partial charge in [0.25, 0.3) is 0 Å². The lowest BCUT2D eigenvalue weighted by molar-refractivity contribution is 0.0805. The van der Waals surface area contributed by atoms with Crippen LogP contribution in [0.2, 0.25) is 0 Å². The van der Waals surface area contributed by atoms with Crippen LogP contribution in [0.25, 0.3) is 0 Å². The molecule has 0 unspecified atom stereocenters. The van der Waals surface area contributed by atoms with E-state index >= 15 is 0 Å². The molecule has 1 amide bonds. The Kier molecular flexibility index (Phi) is 10.3. The Morgan fingerprint density at radius 1 is 1.05 bits per heavy atom. The first-order valence-corrected chi connectivity index (χ1v) is 7.60. The topological polar surface area (TPSA) is 29.5 Å². The van der Waals surface area contributed by atoms with Gasteiger partial charge in [0.15, 0.2) is 0 Å². The van der Waals surface area contributed by atoms with Crippen molar-refractivity contribution in [3.63, 3.8) is 0 Å². The second-order valence-electron chi connectivity index (χ2n) is 5.46. The van der Waals surface area contributed by atoms with Crippen LogP contribution in [0.15, 0.2) is 12.2 Å². The molecule has 0 radical (unpaired) electrons. The number of hydrogen-bond donors (Lipinski definition) is 0. The number of carbonyl (C=O) groups excluding carboxylic acids is 1. The molecule has 3 nitrogen and oxygen atoms in total. The van der Waals surface area contributed by atoms with E-state index in [4.69, 9.17) is 4.74 Å². The van der Waals surface area contributed by atoms with E-state index in [9.17, 15) is 4.79 Å². The van der Waals surface area contributed by atoms with Gasteiger partial charge in [0.2, 0.25) is 0 Å². The van der Waals surface area contributed by atoms with Crippen molar-refractivity contribution in [3.8, 4) is 0 Å². The molecule has 0 fully saturated rings. The highest BCUT2D eigenvalue weighted by Crippen LogP contribution is 2.07. The Morgan fingerprint density at radius 3 is 2.16 bits per heavy atom. The molecule has 0 rings (SSSR count). The molecule has 0 aromatic carbocycles. The van der Waals surface area contributed by atoms with Gasteiger partial charge in [0.05, 0.1) is 6.61 Å². The van der Waals surface area contributed by atoms with E-state index < -0.39 is 0 Å². The number of allylic oxidation sites excluding steroid dienone is 1. The van der Waals surface area contributed by atoms with Gasteiger partial charge in [0, 0.05) is 12.1 Å². The molecule has 0 saturated heterocycles. The fraction of sp³-hybridized carbons (Fsp3) is 0.812. The fourth-order valence-corrected chi connectivity index (χ4v) is 2.05. The maximum atomic E-state index is 11.9. The molecule has 0 aromatic heterocycles. The van der Waals surface area contributed by atoms with E-state index in [2.05, 4.69) is 19.1 Å². The summed E-state index contributed by atoms with van der Waals surface area (Å²) in [5.41, 5.74) is 0. The molecule has 0 aliphatic carbocycles. The maximum absolute atomic E-state index is 11.9. The molecule has 19 heavy (non-hydrogen) atoms. The second kappa shape index (κ2) is 10.9. The molecule has 0 N–H and O–H groups in total. The zero-order valence-electron chi connectivity index (χ0n) is 13.3. The van der Waals surface area contributed by atoms with Crippen molar-refractivity contribution in [1.29, 1.82) is 0 Å². The molecule has 0 aliphatic heterocycles. The summed E-state index contributed by atoms with van der Waals surface area (Å²) in [6, 6.07) is 0.356. The van der Waals surface area contributed by atoms with E-state index in [1.807, 2.05) is 27.7 Å². The van der Waals surface area contributed by atoms with E-state index in [0.29, 0.717) is 6.61 Å². The maximum Gasteiger partial charge on any atom is 0.410 e. The lowest BCUT2D eigenvalue weighted by Gasteiger charge is -2.29. The molecule has 3 heteroatoms. The Labute approximate surface area is 119 Å². The standard InChI is InChI=1S/C16H31NO2/c1-6-7-8-9-10-11-12-13-19-16(18)17(14(2)3)15(4)5/h10-11,14-15H,6-9,12-13H2,1-5H3/b11-10+. The van der Waals surface area contributed by atoms with Gasteiger partial charge in [-0.05, 0) is 47.0 Å². The third-order valence-electron chi connectivity index (χ3n) is 2.97. The van der Waals surface area contributed by atoms with Gasteiger partial charge < -0.3 is 9.64 Å². The number of rotatable bonds is 9. The van der Waals surface area contributed by atoms with Gasteiger partial charge in [-0.1, -0.05) is 31.9 Å². The average Bonchev–Trinajstić information content (AvgIpc) is 2.31. The molecule has 0 spiro atoms. The molecular weight excluding hydrogens is 238 g/mol. The van der Waals surface area contributed by atoms with Crippen LogP contribution in [-0.2, 0) is 4.74 Å². The summed E-state index contributed by atoms with van der Waals surface area (Å²) in [7, 11) is 0. The molecule has 0 heterocycles. The van der Waals surface area contributed by atoms with Crippen LogP contribution in [0.3, 0.4) is 0 Å². The Bertz CT molecular complexity index is 251. The summed E-state index contributed by atoms with van der Waals surface area (Å²) in [5.74, 6) is 0. The molecule has 0 saturated carbocycles. The third kappa shape index (κ3) is 8.68. The van der Waals surface area contributed by atoms with Gasteiger partial charge in [-0.15, -0.1) is 0 Å². The molecular formula is C16H31NO2. The summed E-state index contributed by atoms with van der Waals surface area (Å²) < 4.78 is 5.29. The predicted octanol–water partition coefficient (Wildman–Crippen LogP) is 4.77. The van der Waals surface area contributed by atoms with Gasteiger partial charge >= 0.3 is 6.09 Å². The highest BCUT2D eigenvalue weighted by molar-refractivity contribution is 5.68. The van der Waals surface area contributed by atoms with Crippen molar-refractivity contribution in [3.05, 3.63) is 12.2 Å². The summed E-state index contributed by atoms with van der Waals surface area (Å²) in [4.78, 5) is 13.6. The van der Waals surface area contributed by atoms with Crippen molar-refractivity contribution in [2.45, 2.75) is 78.8 Å². The zero-order chi connectivity index (χ0) is 14.7. The van der Waals surface area contributed by atoms with Crippen LogP contribution in [-0.4, -0.2) is 29.7 Å². The van der Waals surface area contributed by atoms with Crippen molar-refractivity contribution < 1.29 is 9.53 Å². The number of ether oxygens (including phenoxy) is 1. The molecule has 0 bridgehead atoms. The molecule has 0 aliphatic rings. The van der Waals surface area contributed by atoms with Crippen molar-refractivity contribution in [2.24, 2.45) is 0 Å². The first-order valence-electron chi connectivity index (χ1n) is 7.60. The quantitative estimate of drug-likeness (QED) is 0.446. The highest BCUT2D eigenvalue weighted by Gasteiger charge is 2.20. The highest BCUT2D eigenvalue weighted by atomic mass is 16.6. The monoisotopic (exact) mass is 269 g/mol. The summed E-state index contributed by atoms with van der Waals surface area (Å²) in [6.07, 6.45) is 9.83. The molecule has 0 aromatic rings. The van der Waals surface area contributed by atoms with Crippen LogP contribution in [0, 0.1) is 0 Å². The number of hydrogen-bond acceptors (Lipinski definition) is 2. The minimum Gasteiger partial charge on any atom is -0.449 e. The Morgan fingerprint density at radius 2 is 1.63 bits per heavy atom. The molecule has 0 atom stereocenters. The van der Waals surface area contributed by atoms with Crippen LogP contribution in [0.4, 0.5) is 4.79 Å². The van der Waals surface area contributed by atoms with Crippen LogP contribution in [0.5, 0.6) is 0 Å². The second-order valence-corrected chi connectivity index (χ2v) is 5.46. The van der Waals surface area contributed by atoms with Crippen molar-refractivity contribution in [1.82, 2.24) is 4.90 Å². The summed E-state index contributed by atoms with van der Waals surface area (Å²) in [6.45, 7) is 10.7. The Balaban J connectivity index is 3.78. The predicted molar refractivity (Wildman–Crippen MR) is 81.4 cm³/mol. The first-order chi connectivity index (χ1) is 9.00. The fourth-order valence-electron chi connectivity index (χ4n) is 2.05. The van der Waals surface area contributed by atoms with Crippen molar-refractivity contribution >= 4 is 6.09 Å². The van der Waals surface area contributed by atoms with Gasteiger partial charge in [-0.25, -0.2) is 4.79 Å². The lowest BCUT2D eigenvalue weighted by Crippen LogP contribution is -2.42. The number of unbranched alkanes of at least 4 members (excludes halogenated alkanes) is 3. The number of nitrogens with zero attached hydrogens (tertiary/aromatic N) is 1. The smallest absolute Gasteiger partial charge is 0.410 e. The normalized spacial score (nSPS) is 11.5. The summed E-state index contributed by atoms with van der Waals surface area (Å²) >= 11 is 0. The van der Waals surface area contributed by atoms with E-state index in [1.165, 1.54) is 19.3 Å². The largest absolute Gasteiger partial charge is 0.449 e. The van der Waals surface area contributed by atoms with Gasteiger partial charge in [0.1, 0.15) is 0 Å². The van der Waals surface area contributed by atoms with Crippen molar-refractivity contribution in [2.75, 3.05) is 6.61 Å². The minimum absolute atomic E-state index is 0.178. The van der Waals surface area contributed by atoms with Crippen LogP contribution in [0.1, 0.15) is 66.7 Å². The zero-order valence-corrected chi connectivity index (χ0v) is 13.3. The van der Waals surface area contributed by atoms with Crippen LogP contribution < -0.4 is 0 Å². The third-order valence-corrected chi connectivity index (χ3v) is 2.97. The van der Waals surface area contributed by atoms with Crippen LogP contribution >= 0.6 is 0 Å². The lowest BCUT2D eigenvalue weighted by atomic mass is 10.2. The van der Waals surface area contributed by atoms with E-state index in [0.717, 1.165) is 12.8 Å². The SMILES string of the molecule is CCCCC/C=C/CCOC(=O)N(C(C)C)C(C)C. The van der Waals surface area contributed by atoms with Gasteiger partial charge in [-0.2, -0.15) is 0 Å². The minimum atomic E-state index is -0.204. The summed E-state index contributed by atoms with van der Waals surface area (Å²) in [5, 5.41) is 0. The van der Waals surface area contributed by atoms with E-state index in [1.54, 1.807) is 4.90 Å². The van der Waals surface area contributed by atoms with Gasteiger partial charge in [-0.3, -0.25) is 0 Å².